The third kappa shape index (κ3) is 3.96. The number of aryl methyl sites for hydroxylation is 1. The maximum absolute atomic E-state index is 13.1. The summed E-state index contributed by atoms with van der Waals surface area (Å²) in [7, 11) is -2.44. The number of hydrogen-bond donors (Lipinski definition) is 1. The molecule has 15 heteroatoms. The summed E-state index contributed by atoms with van der Waals surface area (Å²) < 4.78 is 67.5. The van der Waals surface area contributed by atoms with E-state index in [1.807, 2.05) is 0 Å². The van der Waals surface area contributed by atoms with Crippen molar-refractivity contribution < 1.29 is 31.2 Å². The fourth-order valence-electron chi connectivity index (χ4n) is 3.23. The Balaban J connectivity index is 1.97. The number of hydrogen-bond acceptors (Lipinski definition) is 8. The lowest BCUT2D eigenvalue weighted by Crippen LogP contribution is -2.24. The molecular formula is C19H18F3N7O4S. The molecule has 4 aromatic rings. The monoisotopic (exact) mass is 497 g/mol. The van der Waals surface area contributed by atoms with Gasteiger partial charge in [-0.25, -0.2) is 33.4 Å². The second kappa shape index (κ2) is 8.32. The van der Waals surface area contributed by atoms with Crippen LogP contribution < -0.4 is 5.48 Å². The average Bonchev–Trinajstić information content (AvgIpc) is 3.34. The normalized spacial score (nSPS) is 12.5. The molecule has 0 saturated carbocycles. The van der Waals surface area contributed by atoms with Gasteiger partial charge in [-0.3, -0.25) is 9.63 Å². The zero-order valence-electron chi connectivity index (χ0n) is 18.1. The Labute approximate surface area is 190 Å². The maximum Gasteiger partial charge on any atom is 0.417 e. The Morgan fingerprint density at radius 3 is 2.53 bits per heavy atom. The van der Waals surface area contributed by atoms with Crippen LogP contribution in [0.5, 0.6) is 0 Å². The molecule has 0 fully saturated rings. The molecular weight excluding hydrogens is 479 g/mol. The van der Waals surface area contributed by atoms with E-state index in [0.29, 0.717) is 6.20 Å². The summed E-state index contributed by atoms with van der Waals surface area (Å²) in [5.74, 6) is -0.926. The highest BCUT2D eigenvalue weighted by Gasteiger charge is 2.33. The topological polar surface area (TPSA) is 133 Å². The summed E-state index contributed by atoms with van der Waals surface area (Å²) in [6, 6.07) is 0.829. The predicted octanol–water partition coefficient (Wildman–Crippen LogP) is 2.17. The molecule has 0 aliphatic rings. The van der Waals surface area contributed by atoms with Crippen molar-refractivity contribution in [1.82, 2.24) is 34.6 Å². The summed E-state index contributed by atoms with van der Waals surface area (Å²) in [6.45, 7) is 3.32. The van der Waals surface area contributed by atoms with E-state index in [0.717, 1.165) is 10.6 Å². The summed E-state index contributed by atoms with van der Waals surface area (Å²) in [5.41, 5.74) is 1.28. The fraction of sp³-hybridized carbons (Fsp3) is 0.316. The zero-order valence-corrected chi connectivity index (χ0v) is 18.9. The van der Waals surface area contributed by atoms with Gasteiger partial charge in [0, 0.05) is 25.6 Å². The van der Waals surface area contributed by atoms with Crippen LogP contribution in [0.3, 0.4) is 0 Å². The van der Waals surface area contributed by atoms with Gasteiger partial charge in [0.1, 0.15) is 16.9 Å². The summed E-state index contributed by atoms with van der Waals surface area (Å²) >= 11 is 0. The van der Waals surface area contributed by atoms with Crippen LogP contribution >= 0.6 is 0 Å². The number of carbonyl (C=O) groups is 1. The molecule has 0 spiro atoms. The molecule has 0 unspecified atom stereocenters. The second-order valence-electron chi connectivity index (χ2n) is 7.12. The van der Waals surface area contributed by atoms with E-state index in [9.17, 15) is 26.4 Å². The van der Waals surface area contributed by atoms with Crippen LogP contribution in [0.4, 0.5) is 13.2 Å². The Kier molecular flexibility index (Phi) is 5.77. The van der Waals surface area contributed by atoms with Crippen molar-refractivity contribution in [2.24, 2.45) is 7.05 Å². The molecule has 0 radical (unpaired) electrons. The van der Waals surface area contributed by atoms with Crippen molar-refractivity contribution in [3.8, 4) is 11.4 Å². The lowest BCUT2D eigenvalue weighted by Gasteiger charge is -2.05. The first-order chi connectivity index (χ1) is 16.0. The van der Waals surface area contributed by atoms with Crippen LogP contribution in [0.1, 0.15) is 29.8 Å². The number of nitrogens with one attached hydrogen (secondary N) is 1. The molecule has 4 heterocycles. The van der Waals surface area contributed by atoms with Gasteiger partial charge in [0.2, 0.25) is 0 Å². The summed E-state index contributed by atoms with van der Waals surface area (Å²) in [5, 5.41) is 3.74. The standard InChI is InChI=1S/C19H18F3N7O4S/c1-4-33-27-17(30)10-7-23-15-13(18(26-29(15)9-10)34(31,32)5-2)16-25-12-6-11(19(20,21)22)8-24-14(12)28(16)3/h6-9H,4-5H2,1-3H3,(H,27,30). The first-order valence-corrected chi connectivity index (χ1v) is 11.6. The molecule has 1 amide bonds. The quantitative estimate of drug-likeness (QED) is 0.401. The Bertz CT molecular complexity index is 1530. The van der Waals surface area contributed by atoms with Gasteiger partial charge in [-0.2, -0.15) is 18.3 Å². The van der Waals surface area contributed by atoms with Gasteiger partial charge < -0.3 is 4.57 Å². The number of fused-ring (bicyclic) bond motifs is 2. The Morgan fingerprint density at radius 2 is 1.88 bits per heavy atom. The van der Waals surface area contributed by atoms with Gasteiger partial charge in [0.25, 0.3) is 5.91 Å². The molecule has 0 aromatic carbocycles. The Hall–Kier alpha value is -3.59. The highest BCUT2D eigenvalue weighted by atomic mass is 32.2. The molecule has 0 aliphatic heterocycles. The highest BCUT2D eigenvalue weighted by Crippen LogP contribution is 2.34. The van der Waals surface area contributed by atoms with Crippen LogP contribution in [0.2, 0.25) is 0 Å². The molecule has 34 heavy (non-hydrogen) atoms. The minimum Gasteiger partial charge on any atom is -0.312 e. The first kappa shape index (κ1) is 23.6. The number of amides is 1. The molecule has 0 aliphatic carbocycles. The van der Waals surface area contributed by atoms with Gasteiger partial charge in [0.05, 0.1) is 23.5 Å². The number of carbonyl (C=O) groups excluding carboxylic acids is 1. The molecule has 1 N–H and O–H groups in total. The lowest BCUT2D eigenvalue weighted by molar-refractivity contribution is -0.137. The summed E-state index contributed by atoms with van der Waals surface area (Å²) in [4.78, 5) is 29.3. The number of imidazole rings is 1. The van der Waals surface area contributed by atoms with E-state index >= 15 is 0 Å². The van der Waals surface area contributed by atoms with Crippen molar-refractivity contribution in [2.75, 3.05) is 12.4 Å². The van der Waals surface area contributed by atoms with E-state index in [4.69, 9.17) is 4.84 Å². The average molecular weight is 497 g/mol. The maximum atomic E-state index is 13.1. The van der Waals surface area contributed by atoms with Crippen LogP contribution in [0.25, 0.3) is 28.2 Å². The molecule has 0 bridgehead atoms. The van der Waals surface area contributed by atoms with Crippen LogP contribution in [0, 0.1) is 0 Å². The molecule has 4 rings (SSSR count). The van der Waals surface area contributed by atoms with Gasteiger partial charge in [0.15, 0.2) is 26.2 Å². The smallest absolute Gasteiger partial charge is 0.312 e. The second-order valence-corrected chi connectivity index (χ2v) is 9.31. The number of nitrogens with zero attached hydrogens (tertiary/aromatic N) is 6. The number of alkyl halides is 3. The van der Waals surface area contributed by atoms with Crippen LogP contribution in [-0.2, 0) is 27.9 Å². The molecule has 4 aromatic heterocycles. The van der Waals surface area contributed by atoms with Gasteiger partial charge >= 0.3 is 6.18 Å². The predicted molar refractivity (Wildman–Crippen MR) is 112 cm³/mol. The number of aromatic nitrogens is 6. The van der Waals surface area contributed by atoms with Gasteiger partial charge in [-0.1, -0.05) is 6.92 Å². The third-order valence-electron chi connectivity index (χ3n) is 4.95. The third-order valence-corrected chi connectivity index (χ3v) is 6.58. The minimum atomic E-state index is -4.62. The van der Waals surface area contributed by atoms with Crippen molar-refractivity contribution in [1.29, 1.82) is 0 Å². The van der Waals surface area contributed by atoms with E-state index in [1.165, 1.54) is 30.9 Å². The van der Waals surface area contributed by atoms with Crippen molar-refractivity contribution in [2.45, 2.75) is 25.0 Å². The van der Waals surface area contributed by atoms with E-state index in [1.54, 1.807) is 6.92 Å². The summed E-state index contributed by atoms with van der Waals surface area (Å²) in [6.07, 6.45) is -1.49. The van der Waals surface area contributed by atoms with Crippen molar-refractivity contribution in [3.05, 3.63) is 35.8 Å². The number of hydroxylamine groups is 1. The van der Waals surface area contributed by atoms with Gasteiger partial charge in [-0.05, 0) is 13.0 Å². The SMILES string of the molecule is CCONC(=O)c1cnc2c(-c3nc4cc(C(F)(F)F)cnc4n3C)c(S(=O)(=O)CC)nn2c1. The molecule has 180 valence electrons. The number of pyridine rings is 1. The highest BCUT2D eigenvalue weighted by molar-refractivity contribution is 7.91. The zero-order chi connectivity index (χ0) is 24.8. The fourth-order valence-corrected chi connectivity index (χ4v) is 4.21. The van der Waals surface area contributed by atoms with E-state index in [-0.39, 0.29) is 51.1 Å². The molecule has 0 atom stereocenters. The van der Waals surface area contributed by atoms with Crippen molar-refractivity contribution >= 4 is 32.6 Å². The van der Waals surface area contributed by atoms with Crippen molar-refractivity contribution in [3.63, 3.8) is 0 Å². The van der Waals surface area contributed by atoms with Crippen LogP contribution in [-0.4, -0.2) is 55.8 Å². The lowest BCUT2D eigenvalue weighted by atomic mass is 10.2. The van der Waals surface area contributed by atoms with E-state index < -0.39 is 27.5 Å². The molecule has 0 saturated heterocycles. The minimum absolute atomic E-state index is 0.00265. The number of rotatable bonds is 6. The van der Waals surface area contributed by atoms with Crippen LogP contribution in [0.15, 0.2) is 29.7 Å². The largest absolute Gasteiger partial charge is 0.417 e. The number of halogens is 3. The Morgan fingerprint density at radius 1 is 1.18 bits per heavy atom. The van der Waals surface area contributed by atoms with E-state index in [2.05, 4.69) is 25.5 Å². The molecule has 11 nitrogen and oxygen atoms in total. The first-order valence-electron chi connectivity index (χ1n) is 9.91. The number of sulfone groups is 1. The van der Waals surface area contributed by atoms with Gasteiger partial charge in [-0.15, -0.1) is 0 Å².